The molecule has 17 heavy (non-hydrogen) atoms. The van der Waals surface area contributed by atoms with Gasteiger partial charge < -0.3 is 10.0 Å². The second-order valence-corrected chi connectivity index (χ2v) is 3.42. The van der Waals surface area contributed by atoms with E-state index in [1.54, 1.807) is 0 Å². The molecule has 0 fully saturated rings. The third-order valence-electron chi connectivity index (χ3n) is 1.86. The maximum atomic E-state index is 12.1. The molecule has 0 unspecified atom stereocenters. The van der Waals surface area contributed by atoms with Gasteiger partial charge in [-0.05, 0) is 18.5 Å². The summed E-state index contributed by atoms with van der Waals surface area (Å²) in [6.07, 6.45) is -6.08. The van der Waals surface area contributed by atoms with E-state index in [0.717, 1.165) is 6.92 Å². The van der Waals surface area contributed by atoms with E-state index in [0.29, 0.717) is 0 Å². The summed E-state index contributed by atoms with van der Waals surface area (Å²) in [6, 6.07) is -1.92. The van der Waals surface area contributed by atoms with Crippen LogP contribution in [0.5, 0.6) is 0 Å². The van der Waals surface area contributed by atoms with E-state index in [2.05, 4.69) is 0 Å². The molecule has 0 bridgehead atoms. The van der Waals surface area contributed by atoms with Gasteiger partial charge >= 0.3 is 18.1 Å². The zero-order valence-corrected chi connectivity index (χ0v) is 9.38. The lowest BCUT2D eigenvalue weighted by molar-refractivity contribution is -0.189. The van der Waals surface area contributed by atoms with Crippen molar-refractivity contribution in [1.82, 2.24) is 4.90 Å². The second-order valence-electron chi connectivity index (χ2n) is 3.00. The molecule has 0 aromatic carbocycles. The zero-order chi connectivity index (χ0) is 13.8. The minimum Gasteiger partial charge on any atom is -0.480 e. The van der Waals surface area contributed by atoms with Gasteiger partial charge in [0, 0.05) is 6.54 Å². The van der Waals surface area contributed by atoms with E-state index in [-0.39, 0.29) is 4.90 Å². The number of likely N-dealkylation sites (N-methyl/N-ethyl adjacent to an activating group) is 1. The van der Waals surface area contributed by atoms with Gasteiger partial charge in [-0.25, -0.2) is 4.79 Å². The molecule has 98 valence electrons. The Morgan fingerprint density at radius 2 is 1.82 bits per heavy atom. The number of alkyl halides is 3. The van der Waals surface area contributed by atoms with Gasteiger partial charge in [-0.2, -0.15) is 13.2 Å². The van der Waals surface area contributed by atoms with E-state index in [1.807, 2.05) is 0 Å². The zero-order valence-electron chi connectivity index (χ0n) is 8.62. The first-order chi connectivity index (χ1) is 7.61. The summed E-state index contributed by atoms with van der Waals surface area (Å²) < 4.78 is 36.4. The van der Waals surface area contributed by atoms with Crippen LogP contribution in [0.15, 0.2) is 0 Å². The molecule has 0 radical (unpaired) electrons. The molecule has 0 aliphatic heterocycles. The highest BCUT2D eigenvalue weighted by atomic mass is 35.5. The molecule has 1 atom stereocenters. The number of nitrogens with zero attached hydrogens (tertiary/aromatic N) is 1. The smallest absolute Gasteiger partial charge is 0.471 e. The van der Waals surface area contributed by atoms with Crippen LogP contribution < -0.4 is 0 Å². The molecule has 1 N–H and O–H groups in total. The summed E-state index contributed by atoms with van der Waals surface area (Å²) in [5.74, 6) is -4.04. The van der Waals surface area contributed by atoms with Gasteiger partial charge in [0.15, 0.2) is 0 Å². The number of carbonyl (C=O) groups excluding carboxylic acids is 2. The van der Waals surface area contributed by atoms with Crippen molar-refractivity contribution in [3.8, 4) is 0 Å². The van der Waals surface area contributed by atoms with Gasteiger partial charge in [0.1, 0.15) is 6.04 Å². The quantitative estimate of drug-likeness (QED) is 0.760. The van der Waals surface area contributed by atoms with Gasteiger partial charge in [0.05, 0.1) is 6.42 Å². The number of hydrogen-bond acceptors (Lipinski definition) is 3. The minimum atomic E-state index is -5.20. The number of halogens is 4. The fourth-order valence-electron chi connectivity index (χ4n) is 1.15. The fraction of sp³-hybridized carbons (Fsp3) is 0.625. The van der Waals surface area contributed by atoms with Crippen LogP contribution in [-0.2, 0) is 14.4 Å². The Kier molecular flexibility index (Phi) is 5.40. The van der Waals surface area contributed by atoms with Crippen molar-refractivity contribution in [3.63, 3.8) is 0 Å². The van der Waals surface area contributed by atoms with Crippen LogP contribution in [0.2, 0.25) is 0 Å². The molecule has 0 rings (SSSR count). The second kappa shape index (κ2) is 5.85. The number of rotatable bonds is 5. The molecule has 0 aromatic heterocycles. The Hall–Kier alpha value is -1.31. The summed E-state index contributed by atoms with van der Waals surface area (Å²) in [7, 11) is 0. The van der Waals surface area contributed by atoms with Gasteiger partial charge in [0.2, 0.25) is 5.24 Å². The molecule has 0 heterocycles. The summed E-state index contributed by atoms with van der Waals surface area (Å²) in [6.45, 7) is 0.664. The van der Waals surface area contributed by atoms with Crippen molar-refractivity contribution < 1.29 is 32.7 Å². The lowest BCUT2D eigenvalue weighted by Gasteiger charge is -2.27. The molecule has 9 heteroatoms. The van der Waals surface area contributed by atoms with E-state index < -0.39 is 42.3 Å². The van der Waals surface area contributed by atoms with E-state index >= 15 is 0 Å². The number of carboxylic acid groups (broad SMARTS) is 1. The van der Waals surface area contributed by atoms with Gasteiger partial charge in [-0.3, -0.25) is 9.59 Å². The Balaban J connectivity index is 5.11. The predicted octanol–water partition coefficient (Wildman–Crippen LogP) is 1.01. The fourth-order valence-corrected chi connectivity index (χ4v) is 1.30. The summed E-state index contributed by atoms with van der Waals surface area (Å²) in [5.41, 5.74) is 0. The summed E-state index contributed by atoms with van der Waals surface area (Å²) in [4.78, 5) is 32.2. The topological polar surface area (TPSA) is 74.7 Å². The number of hydrogen-bond donors (Lipinski definition) is 1. The lowest BCUT2D eigenvalue weighted by atomic mass is 10.2. The van der Waals surface area contributed by atoms with Crippen molar-refractivity contribution in [3.05, 3.63) is 0 Å². The molecule has 5 nitrogen and oxygen atoms in total. The van der Waals surface area contributed by atoms with Crippen molar-refractivity contribution >= 4 is 28.7 Å². The molecule has 0 aromatic rings. The molecular formula is C8H9ClF3NO4. The Morgan fingerprint density at radius 1 is 1.35 bits per heavy atom. The summed E-state index contributed by atoms with van der Waals surface area (Å²) in [5, 5.41) is 7.53. The molecular weight excluding hydrogens is 267 g/mol. The van der Waals surface area contributed by atoms with Crippen LogP contribution in [0.1, 0.15) is 13.3 Å². The van der Waals surface area contributed by atoms with Crippen molar-refractivity contribution in [2.24, 2.45) is 0 Å². The largest absolute Gasteiger partial charge is 0.480 e. The molecule has 1 amide bonds. The first-order valence-electron chi connectivity index (χ1n) is 4.40. The van der Waals surface area contributed by atoms with Crippen LogP contribution in [0.3, 0.4) is 0 Å². The highest BCUT2D eigenvalue weighted by Gasteiger charge is 2.45. The highest BCUT2D eigenvalue weighted by Crippen LogP contribution is 2.21. The van der Waals surface area contributed by atoms with Crippen LogP contribution >= 0.6 is 11.6 Å². The van der Waals surface area contributed by atoms with Crippen LogP contribution in [0.25, 0.3) is 0 Å². The average molecular weight is 276 g/mol. The molecule has 0 aliphatic rings. The molecule has 0 aliphatic carbocycles. The van der Waals surface area contributed by atoms with Crippen LogP contribution in [0.4, 0.5) is 13.2 Å². The number of carbonyl (C=O) groups is 3. The van der Waals surface area contributed by atoms with Crippen LogP contribution in [-0.4, -0.2) is 45.9 Å². The van der Waals surface area contributed by atoms with Crippen molar-refractivity contribution in [1.29, 1.82) is 0 Å². The third-order valence-corrected chi connectivity index (χ3v) is 2.01. The normalized spacial score (nSPS) is 13.0. The lowest BCUT2D eigenvalue weighted by Crippen LogP contribution is -2.50. The standard InChI is InChI=1S/C8H9ClF3NO4/c1-2-13(7(17)8(10,11)12)4(6(15)16)3-5(9)14/h4H,2-3H2,1H3,(H,15,16)/t4-/m0/s1. The van der Waals surface area contributed by atoms with E-state index in [9.17, 15) is 27.6 Å². The first-order valence-corrected chi connectivity index (χ1v) is 4.78. The minimum absolute atomic E-state index is 0.0443. The van der Waals surface area contributed by atoms with Gasteiger partial charge in [0.25, 0.3) is 0 Å². The molecule has 0 saturated heterocycles. The van der Waals surface area contributed by atoms with Gasteiger partial charge in [-0.15, -0.1) is 0 Å². The number of aliphatic carboxylic acids is 1. The maximum Gasteiger partial charge on any atom is 0.471 e. The van der Waals surface area contributed by atoms with Gasteiger partial charge in [-0.1, -0.05) is 0 Å². The maximum absolute atomic E-state index is 12.1. The number of carboxylic acids is 1. The van der Waals surface area contributed by atoms with Crippen molar-refractivity contribution in [2.75, 3.05) is 6.54 Å². The van der Waals surface area contributed by atoms with E-state index in [4.69, 9.17) is 16.7 Å². The predicted molar refractivity (Wildman–Crippen MR) is 50.3 cm³/mol. The monoisotopic (exact) mass is 275 g/mol. The highest BCUT2D eigenvalue weighted by molar-refractivity contribution is 6.63. The Morgan fingerprint density at radius 3 is 2.06 bits per heavy atom. The third kappa shape index (κ3) is 4.59. The van der Waals surface area contributed by atoms with Crippen LogP contribution in [0, 0.1) is 0 Å². The van der Waals surface area contributed by atoms with Crippen molar-refractivity contribution in [2.45, 2.75) is 25.6 Å². The average Bonchev–Trinajstić information content (AvgIpc) is 2.14. The first kappa shape index (κ1) is 15.7. The molecule has 0 spiro atoms. The Labute approximate surface area is 99.1 Å². The Bertz CT molecular complexity index is 331. The van der Waals surface area contributed by atoms with E-state index in [1.165, 1.54) is 0 Å². The SMILES string of the molecule is CCN(C(=O)C(F)(F)F)[C@@H](CC(=O)Cl)C(=O)O. The number of amides is 1. The summed E-state index contributed by atoms with van der Waals surface area (Å²) >= 11 is 4.92. The molecule has 0 saturated carbocycles.